The van der Waals surface area contributed by atoms with E-state index in [0.29, 0.717) is 24.5 Å². The predicted octanol–water partition coefficient (Wildman–Crippen LogP) is 3.18. The number of para-hydroxylation sites is 2. The number of hydrogen-bond donors (Lipinski definition) is 1. The van der Waals surface area contributed by atoms with E-state index in [1.807, 2.05) is 43.3 Å². The first kappa shape index (κ1) is 17.7. The average molecular weight is 329 g/mol. The molecule has 5 nitrogen and oxygen atoms in total. The first-order valence-electron chi connectivity index (χ1n) is 7.88. The number of carbonyl (C=O) groups is 1. The molecule has 0 aliphatic rings. The second kappa shape index (κ2) is 8.82. The lowest BCUT2D eigenvalue weighted by atomic mass is 10.2. The van der Waals surface area contributed by atoms with Crippen LogP contribution >= 0.6 is 0 Å². The summed E-state index contributed by atoms with van der Waals surface area (Å²) >= 11 is 0. The predicted molar refractivity (Wildman–Crippen MR) is 92.5 cm³/mol. The third-order valence-electron chi connectivity index (χ3n) is 3.63. The first-order valence-corrected chi connectivity index (χ1v) is 7.88. The Morgan fingerprint density at radius 2 is 1.67 bits per heavy atom. The number of nitrogens with one attached hydrogen (secondary N) is 1. The Labute approximate surface area is 142 Å². The van der Waals surface area contributed by atoms with Crippen molar-refractivity contribution in [1.82, 2.24) is 5.32 Å². The smallest absolute Gasteiger partial charge is 0.261 e. The highest BCUT2D eigenvalue weighted by Gasteiger charge is 2.19. The Balaban J connectivity index is 1.95. The molecule has 0 unspecified atom stereocenters. The van der Waals surface area contributed by atoms with Crippen LogP contribution < -0.4 is 19.5 Å². The molecule has 0 radical (unpaired) electrons. The van der Waals surface area contributed by atoms with Gasteiger partial charge in [-0.3, -0.25) is 4.79 Å². The molecule has 0 saturated carbocycles. The maximum Gasteiger partial charge on any atom is 0.261 e. The van der Waals surface area contributed by atoms with E-state index in [9.17, 15) is 4.79 Å². The molecule has 1 N–H and O–H groups in total. The summed E-state index contributed by atoms with van der Waals surface area (Å²) in [6.07, 6.45) is -0.00786. The highest BCUT2D eigenvalue weighted by molar-refractivity contribution is 5.81. The van der Waals surface area contributed by atoms with E-state index in [-0.39, 0.29) is 5.91 Å². The minimum absolute atomic E-state index is 0.153. The van der Waals surface area contributed by atoms with Gasteiger partial charge in [-0.1, -0.05) is 31.2 Å². The van der Waals surface area contributed by atoms with Crippen molar-refractivity contribution in [2.75, 3.05) is 14.2 Å². The molecule has 128 valence electrons. The fourth-order valence-corrected chi connectivity index (χ4v) is 2.24. The Morgan fingerprint density at radius 3 is 2.25 bits per heavy atom. The number of methoxy groups -OCH3 is 2. The summed E-state index contributed by atoms with van der Waals surface area (Å²) in [6.45, 7) is 2.35. The molecular weight excluding hydrogens is 306 g/mol. The Hall–Kier alpha value is -2.69. The minimum Gasteiger partial charge on any atom is -0.497 e. The first-order chi connectivity index (χ1) is 11.7. The van der Waals surface area contributed by atoms with Crippen LogP contribution in [-0.4, -0.2) is 26.2 Å². The quantitative estimate of drug-likeness (QED) is 0.808. The van der Waals surface area contributed by atoms with Gasteiger partial charge in [0.15, 0.2) is 17.6 Å². The fourth-order valence-electron chi connectivity index (χ4n) is 2.24. The van der Waals surface area contributed by atoms with Crippen LogP contribution in [0, 0.1) is 0 Å². The molecule has 1 atom stereocenters. The Bertz CT molecular complexity index is 655. The number of carbonyl (C=O) groups excluding carboxylic acids is 1. The molecule has 0 spiro atoms. The zero-order valence-corrected chi connectivity index (χ0v) is 14.2. The topological polar surface area (TPSA) is 56.8 Å². The summed E-state index contributed by atoms with van der Waals surface area (Å²) in [5.74, 6) is 1.81. The van der Waals surface area contributed by atoms with Crippen LogP contribution in [0.1, 0.15) is 18.9 Å². The molecule has 0 fully saturated rings. The maximum atomic E-state index is 12.4. The van der Waals surface area contributed by atoms with Crippen LogP contribution in [-0.2, 0) is 11.3 Å². The van der Waals surface area contributed by atoms with Gasteiger partial charge in [-0.2, -0.15) is 0 Å². The zero-order chi connectivity index (χ0) is 17.4. The lowest BCUT2D eigenvalue weighted by Crippen LogP contribution is -2.37. The number of amides is 1. The van der Waals surface area contributed by atoms with E-state index in [2.05, 4.69) is 5.32 Å². The van der Waals surface area contributed by atoms with Gasteiger partial charge in [-0.05, 0) is 36.2 Å². The van der Waals surface area contributed by atoms with Gasteiger partial charge in [0.1, 0.15) is 5.75 Å². The summed E-state index contributed by atoms with van der Waals surface area (Å²) < 4.78 is 16.2. The van der Waals surface area contributed by atoms with E-state index in [4.69, 9.17) is 14.2 Å². The van der Waals surface area contributed by atoms with Gasteiger partial charge in [0.2, 0.25) is 0 Å². The summed E-state index contributed by atoms with van der Waals surface area (Å²) in [6, 6.07) is 14.9. The fraction of sp³-hybridized carbons (Fsp3) is 0.316. The summed E-state index contributed by atoms with van der Waals surface area (Å²) in [5, 5.41) is 2.90. The number of hydrogen-bond acceptors (Lipinski definition) is 4. The van der Waals surface area contributed by atoms with Crippen LogP contribution in [0.4, 0.5) is 0 Å². The van der Waals surface area contributed by atoms with Crippen LogP contribution in [0.3, 0.4) is 0 Å². The SMILES string of the molecule is CC[C@@H](Oc1ccccc1OC)C(=O)NCc1ccc(OC)cc1. The molecule has 2 aromatic rings. The number of rotatable bonds is 8. The van der Waals surface area contributed by atoms with Gasteiger partial charge in [0.05, 0.1) is 14.2 Å². The summed E-state index contributed by atoms with van der Waals surface area (Å²) in [7, 11) is 3.20. The highest BCUT2D eigenvalue weighted by Crippen LogP contribution is 2.27. The average Bonchev–Trinajstić information content (AvgIpc) is 2.64. The van der Waals surface area contributed by atoms with Gasteiger partial charge >= 0.3 is 0 Å². The van der Waals surface area contributed by atoms with E-state index >= 15 is 0 Å². The molecule has 2 rings (SSSR count). The van der Waals surface area contributed by atoms with Crippen LogP contribution in [0.5, 0.6) is 17.2 Å². The second-order valence-electron chi connectivity index (χ2n) is 5.23. The molecule has 5 heteroatoms. The lowest BCUT2D eigenvalue weighted by molar-refractivity contribution is -0.128. The molecular formula is C19H23NO4. The van der Waals surface area contributed by atoms with Crippen molar-refractivity contribution >= 4 is 5.91 Å². The normalized spacial score (nSPS) is 11.5. The minimum atomic E-state index is -0.570. The molecule has 24 heavy (non-hydrogen) atoms. The van der Waals surface area contributed by atoms with E-state index in [1.165, 1.54) is 0 Å². The lowest BCUT2D eigenvalue weighted by Gasteiger charge is -2.19. The van der Waals surface area contributed by atoms with Crippen molar-refractivity contribution in [3.05, 3.63) is 54.1 Å². The van der Waals surface area contributed by atoms with Crippen molar-refractivity contribution < 1.29 is 19.0 Å². The molecule has 0 aliphatic heterocycles. The van der Waals surface area contributed by atoms with Crippen LogP contribution in [0.2, 0.25) is 0 Å². The van der Waals surface area contributed by atoms with Crippen LogP contribution in [0.25, 0.3) is 0 Å². The van der Waals surface area contributed by atoms with Crippen molar-refractivity contribution in [1.29, 1.82) is 0 Å². The van der Waals surface area contributed by atoms with Crippen LogP contribution in [0.15, 0.2) is 48.5 Å². The van der Waals surface area contributed by atoms with Gasteiger partial charge < -0.3 is 19.5 Å². The number of benzene rings is 2. The van der Waals surface area contributed by atoms with E-state index in [0.717, 1.165) is 11.3 Å². The molecule has 0 heterocycles. The second-order valence-corrected chi connectivity index (χ2v) is 5.23. The van der Waals surface area contributed by atoms with Crippen molar-refractivity contribution in [3.63, 3.8) is 0 Å². The Kier molecular flexibility index (Phi) is 6.49. The highest BCUT2D eigenvalue weighted by atomic mass is 16.5. The van der Waals surface area contributed by atoms with Gasteiger partial charge in [0, 0.05) is 6.54 Å². The molecule has 0 aromatic heterocycles. The Morgan fingerprint density at radius 1 is 1.00 bits per heavy atom. The molecule has 2 aromatic carbocycles. The van der Waals surface area contributed by atoms with Crippen molar-refractivity contribution in [3.8, 4) is 17.2 Å². The third kappa shape index (κ3) is 4.65. The largest absolute Gasteiger partial charge is 0.497 e. The standard InChI is InChI=1S/C19H23NO4/c1-4-16(24-18-8-6-5-7-17(18)23-3)19(21)20-13-14-9-11-15(22-2)12-10-14/h5-12,16H,4,13H2,1-3H3,(H,20,21)/t16-/m1/s1. The summed E-state index contributed by atoms with van der Waals surface area (Å²) in [5.41, 5.74) is 0.997. The van der Waals surface area contributed by atoms with Crippen molar-refractivity contribution in [2.24, 2.45) is 0 Å². The number of ether oxygens (including phenoxy) is 3. The maximum absolute atomic E-state index is 12.4. The van der Waals surface area contributed by atoms with Crippen molar-refractivity contribution in [2.45, 2.75) is 26.0 Å². The third-order valence-corrected chi connectivity index (χ3v) is 3.63. The zero-order valence-electron chi connectivity index (χ0n) is 14.2. The van der Waals surface area contributed by atoms with E-state index in [1.54, 1.807) is 26.4 Å². The van der Waals surface area contributed by atoms with Gasteiger partial charge in [-0.15, -0.1) is 0 Å². The monoisotopic (exact) mass is 329 g/mol. The van der Waals surface area contributed by atoms with E-state index < -0.39 is 6.10 Å². The van der Waals surface area contributed by atoms with Gasteiger partial charge in [0.25, 0.3) is 5.91 Å². The van der Waals surface area contributed by atoms with Gasteiger partial charge in [-0.25, -0.2) is 0 Å². The molecule has 0 aliphatic carbocycles. The molecule has 0 saturated heterocycles. The molecule has 1 amide bonds. The summed E-state index contributed by atoms with van der Waals surface area (Å²) in [4.78, 5) is 12.4. The molecule has 0 bridgehead atoms.